The summed E-state index contributed by atoms with van der Waals surface area (Å²) in [6.45, 7) is 14.2. The number of quaternary nitrogens is 3. The van der Waals surface area contributed by atoms with Crippen molar-refractivity contribution in [3.8, 4) is 0 Å². The molecule has 3 N–H and O–H groups in total. The molecule has 0 amide bonds. The average molecular weight is 865 g/mol. The molecule has 4 aromatic rings. The maximum absolute atomic E-state index is 12.6. The minimum Gasteiger partial charge on any atom is -0.466 e. The molecule has 0 spiro atoms. The fraction of sp³-hybridized carbons (Fsp3) is 0.500. The van der Waals surface area contributed by atoms with Crippen molar-refractivity contribution in [2.75, 3.05) is 59.1 Å². The van der Waals surface area contributed by atoms with Crippen LogP contribution < -0.4 is 14.7 Å². The van der Waals surface area contributed by atoms with E-state index < -0.39 is 0 Å². The van der Waals surface area contributed by atoms with Gasteiger partial charge in [0.1, 0.15) is 19.6 Å². The zero-order valence-electron chi connectivity index (χ0n) is 38.8. The lowest BCUT2D eigenvalue weighted by atomic mass is 10.0. The van der Waals surface area contributed by atoms with Crippen molar-refractivity contribution in [1.82, 2.24) is 0 Å². The van der Waals surface area contributed by atoms with E-state index in [9.17, 15) is 14.4 Å². The number of benzene rings is 4. The molecule has 9 heteroatoms. The van der Waals surface area contributed by atoms with Gasteiger partial charge in [-0.1, -0.05) is 91.0 Å². The van der Waals surface area contributed by atoms with Gasteiger partial charge in [-0.2, -0.15) is 0 Å². The lowest BCUT2D eigenvalue weighted by molar-refractivity contribution is -0.915. The molecule has 63 heavy (non-hydrogen) atoms. The predicted octanol–water partition coefficient (Wildman–Crippen LogP) is 5.77. The Balaban J connectivity index is 1.58. The standard InChI is InChI=1S/C54H75N3O6/c1-4-61-52(58)31-37-55(34-19-16-28-46-22-10-7-11-23-46)43-49-40-50(44-56(38-32-53(59)62-5-2)35-20-17-29-47-24-12-8-13-25-47)42-51(41-49)45-57(39-33-54(60)63-6-3)36-21-18-30-48-26-14-9-15-27-48/h7-15,22-27,40-42H,4-6,16-21,28-39,43-45H2,1-3H3/p+3. The van der Waals surface area contributed by atoms with Crippen LogP contribution in [-0.4, -0.2) is 77.0 Å². The van der Waals surface area contributed by atoms with Crippen molar-refractivity contribution in [2.24, 2.45) is 0 Å². The summed E-state index contributed by atoms with van der Waals surface area (Å²) in [5.41, 5.74) is 7.83. The Morgan fingerprint density at radius 3 is 0.889 bits per heavy atom. The Hall–Kier alpha value is -4.83. The lowest BCUT2D eigenvalue weighted by Crippen LogP contribution is -3.11. The smallest absolute Gasteiger partial charge is 0.311 e. The molecule has 0 radical (unpaired) electrons. The third-order valence-corrected chi connectivity index (χ3v) is 11.7. The van der Waals surface area contributed by atoms with Gasteiger partial charge in [-0.05, 0) is 113 Å². The number of hydrogen-bond acceptors (Lipinski definition) is 6. The molecule has 0 aromatic heterocycles. The first-order valence-corrected chi connectivity index (χ1v) is 24.0. The second-order valence-corrected chi connectivity index (χ2v) is 16.9. The van der Waals surface area contributed by atoms with E-state index >= 15 is 0 Å². The molecule has 4 aromatic carbocycles. The summed E-state index contributed by atoms with van der Waals surface area (Å²) in [7, 11) is 0. The molecule has 0 aliphatic rings. The second kappa shape index (κ2) is 31.1. The summed E-state index contributed by atoms with van der Waals surface area (Å²) in [5, 5.41) is 0. The number of ether oxygens (including phenoxy) is 3. The molecule has 9 nitrogen and oxygen atoms in total. The number of esters is 3. The van der Waals surface area contributed by atoms with Gasteiger partial charge in [0.2, 0.25) is 0 Å². The van der Waals surface area contributed by atoms with E-state index in [0.717, 1.165) is 97.1 Å². The van der Waals surface area contributed by atoms with Crippen LogP contribution in [0.5, 0.6) is 0 Å². The highest BCUT2D eigenvalue weighted by Gasteiger charge is 2.20. The summed E-state index contributed by atoms with van der Waals surface area (Å²) in [4.78, 5) is 42.0. The molecule has 4 rings (SSSR count). The molecule has 0 fully saturated rings. The van der Waals surface area contributed by atoms with Gasteiger partial charge in [0.25, 0.3) is 0 Å². The van der Waals surface area contributed by atoms with E-state index in [1.165, 1.54) is 48.1 Å². The molecule has 342 valence electrons. The van der Waals surface area contributed by atoms with Crippen molar-refractivity contribution >= 4 is 17.9 Å². The number of aryl methyl sites for hydroxylation is 3. The zero-order chi connectivity index (χ0) is 44.7. The normalized spacial score (nSPS) is 12.6. The summed E-state index contributed by atoms with van der Waals surface area (Å²) in [6.07, 6.45) is 10.7. The van der Waals surface area contributed by atoms with Crippen LogP contribution in [0.25, 0.3) is 0 Å². The first-order valence-electron chi connectivity index (χ1n) is 24.0. The van der Waals surface area contributed by atoms with E-state index in [0.29, 0.717) is 58.7 Å². The summed E-state index contributed by atoms with van der Waals surface area (Å²) in [6, 6.07) is 39.1. The van der Waals surface area contributed by atoms with E-state index in [4.69, 9.17) is 14.2 Å². The average Bonchev–Trinajstić information content (AvgIpc) is 3.29. The number of hydrogen-bond donors (Lipinski definition) is 3. The lowest BCUT2D eigenvalue weighted by Gasteiger charge is -2.24. The van der Waals surface area contributed by atoms with E-state index in [1.807, 2.05) is 20.8 Å². The highest BCUT2D eigenvalue weighted by Crippen LogP contribution is 2.11. The Morgan fingerprint density at radius 1 is 0.365 bits per heavy atom. The van der Waals surface area contributed by atoms with Gasteiger partial charge in [0.05, 0.1) is 78.4 Å². The molecule has 0 aliphatic heterocycles. The topological polar surface area (TPSA) is 92.2 Å². The molecule has 0 heterocycles. The first-order chi connectivity index (χ1) is 30.8. The molecule has 3 atom stereocenters. The minimum atomic E-state index is -0.144. The number of carbonyl (C=O) groups is 3. The van der Waals surface area contributed by atoms with Crippen LogP contribution in [-0.2, 0) is 67.5 Å². The second-order valence-electron chi connectivity index (χ2n) is 16.9. The highest BCUT2D eigenvalue weighted by molar-refractivity contribution is 5.70. The highest BCUT2D eigenvalue weighted by atomic mass is 16.5. The van der Waals surface area contributed by atoms with Crippen LogP contribution in [0.15, 0.2) is 109 Å². The van der Waals surface area contributed by atoms with Crippen LogP contribution in [0.4, 0.5) is 0 Å². The summed E-state index contributed by atoms with van der Waals surface area (Å²) < 4.78 is 16.1. The van der Waals surface area contributed by atoms with Gasteiger partial charge >= 0.3 is 17.9 Å². The minimum absolute atomic E-state index is 0.144. The van der Waals surface area contributed by atoms with Crippen LogP contribution in [0, 0.1) is 0 Å². The fourth-order valence-electron chi connectivity index (χ4n) is 8.50. The van der Waals surface area contributed by atoms with E-state index in [-0.39, 0.29) is 17.9 Å². The van der Waals surface area contributed by atoms with Gasteiger partial charge in [-0.3, -0.25) is 14.4 Å². The van der Waals surface area contributed by atoms with Crippen LogP contribution in [0.1, 0.15) is 112 Å². The number of unbranched alkanes of at least 4 members (excludes halogenated alkanes) is 3. The number of rotatable bonds is 33. The predicted molar refractivity (Wildman–Crippen MR) is 252 cm³/mol. The van der Waals surface area contributed by atoms with Gasteiger partial charge in [-0.15, -0.1) is 0 Å². The molecule has 3 unspecified atom stereocenters. The van der Waals surface area contributed by atoms with Crippen molar-refractivity contribution in [3.63, 3.8) is 0 Å². The first kappa shape index (κ1) is 50.8. The van der Waals surface area contributed by atoms with Gasteiger partial charge in [0.15, 0.2) is 0 Å². The Morgan fingerprint density at radius 2 is 0.635 bits per heavy atom. The molecule has 0 saturated heterocycles. The van der Waals surface area contributed by atoms with Crippen LogP contribution >= 0.6 is 0 Å². The van der Waals surface area contributed by atoms with Crippen molar-refractivity contribution in [1.29, 1.82) is 0 Å². The Kier molecular flexibility index (Phi) is 25.1. The van der Waals surface area contributed by atoms with Crippen LogP contribution in [0.2, 0.25) is 0 Å². The maximum Gasteiger partial charge on any atom is 0.311 e. The van der Waals surface area contributed by atoms with E-state index in [1.54, 1.807) is 0 Å². The Labute approximate surface area is 379 Å². The maximum atomic E-state index is 12.6. The Bertz CT molecular complexity index is 1620. The van der Waals surface area contributed by atoms with Crippen molar-refractivity contribution in [3.05, 3.63) is 143 Å². The third kappa shape index (κ3) is 22.4. The SMILES string of the molecule is CCOC(=O)CC[NH+](CCCCc1ccccc1)Cc1cc(C[NH+](CCCCc2ccccc2)CCC(=O)OCC)cc(C[NH+](CCCCc2ccccc2)CCC(=O)OCC)c1. The quantitative estimate of drug-likeness (QED) is 0.0321. The monoisotopic (exact) mass is 865 g/mol. The number of nitrogens with one attached hydrogen (secondary N) is 3. The molecular formula is C54H78N3O6+3. The largest absolute Gasteiger partial charge is 0.466 e. The van der Waals surface area contributed by atoms with Gasteiger partial charge < -0.3 is 28.9 Å². The van der Waals surface area contributed by atoms with E-state index in [2.05, 4.69) is 109 Å². The van der Waals surface area contributed by atoms with Crippen molar-refractivity contribution < 1.29 is 43.3 Å². The van der Waals surface area contributed by atoms with Crippen molar-refractivity contribution in [2.45, 2.75) is 117 Å². The molecular weight excluding hydrogens is 787 g/mol. The number of carbonyl (C=O) groups excluding carboxylic acids is 3. The van der Waals surface area contributed by atoms with Gasteiger partial charge in [-0.25, -0.2) is 0 Å². The summed E-state index contributed by atoms with van der Waals surface area (Å²) >= 11 is 0. The fourth-order valence-corrected chi connectivity index (χ4v) is 8.50. The molecule has 0 aliphatic carbocycles. The third-order valence-electron chi connectivity index (χ3n) is 11.7. The summed E-state index contributed by atoms with van der Waals surface area (Å²) in [5.74, 6) is -0.431. The van der Waals surface area contributed by atoms with Crippen LogP contribution in [0.3, 0.4) is 0 Å². The zero-order valence-corrected chi connectivity index (χ0v) is 38.8. The molecule has 0 saturated carbocycles. The molecule has 0 bridgehead atoms. The van der Waals surface area contributed by atoms with Gasteiger partial charge in [0, 0.05) is 16.7 Å².